The van der Waals surface area contributed by atoms with Gasteiger partial charge in [-0.1, -0.05) is 15.9 Å². The first kappa shape index (κ1) is 13.8. The molecule has 0 bridgehead atoms. The van der Waals surface area contributed by atoms with Crippen molar-refractivity contribution < 1.29 is 19.1 Å². The molecule has 19 heavy (non-hydrogen) atoms. The van der Waals surface area contributed by atoms with Crippen LogP contribution in [0, 0.1) is 5.82 Å². The molecule has 1 saturated heterocycles. The second-order valence-electron chi connectivity index (χ2n) is 4.31. The van der Waals surface area contributed by atoms with Crippen LogP contribution >= 0.6 is 15.9 Å². The summed E-state index contributed by atoms with van der Waals surface area (Å²) in [5.41, 5.74) is -0.0445. The average molecular weight is 331 g/mol. The molecule has 1 aromatic rings. The second kappa shape index (κ2) is 5.56. The van der Waals surface area contributed by atoms with Crippen LogP contribution in [-0.4, -0.2) is 41.1 Å². The Kier molecular flexibility index (Phi) is 4.04. The van der Waals surface area contributed by atoms with Gasteiger partial charge in [0.15, 0.2) is 0 Å². The van der Waals surface area contributed by atoms with Gasteiger partial charge in [-0.2, -0.15) is 0 Å². The highest BCUT2D eigenvalue weighted by molar-refractivity contribution is 9.10. The largest absolute Gasteiger partial charge is 0.465 e. The van der Waals surface area contributed by atoms with Gasteiger partial charge in [0.05, 0.1) is 5.56 Å². The highest BCUT2D eigenvalue weighted by Crippen LogP contribution is 2.16. The number of nitrogens with zero attached hydrogens (tertiary/aromatic N) is 1. The van der Waals surface area contributed by atoms with Crippen LogP contribution in [0.4, 0.5) is 9.18 Å². The van der Waals surface area contributed by atoms with Crippen molar-refractivity contribution in [3.05, 3.63) is 34.1 Å². The molecule has 0 aliphatic carbocycles. The van der Waals surface area contributed by atoms with Crippen molar-refractivity contribution in [2.24, 2.45) is 0 Å². The summed E-state index contributed by atoms with van der Waals surface area (Å²) in [7, 11) is 0. The van der Waals surface area contributed by atoms with Crippen molar-refractivity contribution in [2.45, 2.75) is 12.5 Å². The first-order valence-electron chi connectivity index (χ1n) is 5.71. The van der Waals surface area contributed by atoms with Gasteiger partial charge in [0, 0.05) is 23.6 Å². The normalized spacial score (nSPS) is 18.4. The first-order valence-corrected chi connectivity index (χ1v) is 6.50. The molecular weight excluding hydrogens is 319 g/mol. The second-order valence-corrected chi connectivity index (χ2v) is 5.23. The van der Waals surface area contributed by atoms with Crippen LogP contribution in [0.3, 0.4) is 0 Å². The Balaban J connectivity index is 2.00. The molecule has 1 aromatic carbocycles. The quantitative estimate of drug-likeness (QED) is 0.872. The van der Waals surface area contributed by atoms with Crippen LogP contribution in [0.25, 0.3) is 0 Å². The lowest BCUT2D eigenvalue weighted by Gasteiger charge is -2.14. The van der Waals surface area contributed by atoms with E-state index in [-0.39, 0.29) is 18.2 Å². The summed E-state index contributed by atoms with van der Waals surface area (Å²) in [5, 5.41) is 11.4. The zero-order chi connectivity index (χ0) is 14.0. The number of benzene rings is 1. The van der Waals surface area contributed by atoms with Crippen molar-refractivity contribution in [1.29, 1.82) is 0 Å². The van der Waals surface area contributed by atoms with E-state index in [1.54, 1.807) is 6.07 Å². The number of halogens is 2. The zero-order valence-corrected chi connectivity index (χ0v) is 11.5. The predicted molar refractivity (Wildman–Crippen MR) is 69.6 cm³/mol. The number of carbonyl (C=O) groups is 2. The number of amides is 2. The Morgan fingerprint density at radius 3 is 2.79 bits per heavy atom. The van der Waals surface area contributed by atoms with Crippen molar-refractivity contribution in [1.82, 2.24) is 10.2 Å². The molecule has 1 aliphatic rings. The number of rotatable bonds is 2. The summed E-state index contributed by atoms with van der Waals surface area (Å²) < 4.78 is 14.1. The van der Waals surface area contributed by atoms with E-state index in [0.717, 1.165) is 0 Å². The molecule has 0 saturated carbocycles. The molecule has 2 rings (SSSR count). The third kappa shape index (κ3) is 3.23. The molecule has 102 valence electrons. The topological polar surface area (TPSA) is 69.6 Å². The lowest BCUT2D eigenvalue weighted by atomic mass is 10.1. The fraction of sp³-hybridized carbons (Fsp3) is 0.333. The van der Waals surface area contributed by atoms with Gasteiger partial charge in [-0.05, 0) is 24.6 Å². The van der Waals surface area contributed by atoms with Gasteiger partial charge in [0.2, 0.25) is 0 Å². The lowest BCUT2D eigenvalue weighted by molar-refractivity contribution is 0.0931. The Morgan fingerprint density at radius 1 is 1.47 bits per heavy atom. The Labute approximate surface area is 117 Å². The van der Waals surface area contributed by atoms with Crippen molar-refractivity contribution in [3.8, 4) is 0 Å². The summed E-state index contributed by atoms with van der Waals surface area (Å²) in [4.78, 5) is 23.8. The van der Waals surface area contributed by atoms with Crippen LogP contribution in [-0.2, 0) is 0 Å². The van der Waals surface area contributed by atoms with Gasteiger partial charge >= 0.3 is 6.09 Å². The fourth-order valence-electron chi connectivity index (χ4n) is 1.99. The van der Waals surface area contributed by atoms with E-state index in [9.17, 15) is 14.0 Å². The zero-order valence-electron chi connectivity index (χ0n) is 9.90. The monoisotopic (exact) mass is 330 g/mol. The van der Waals surface area contributed by atoms with Gasteiger partial charge in [-0.25, -0.2) is 9.18 Å². The first-order chi connectivity index (χ1) is 8.97. The van der Waals surface area contributed by atoms with E-state index in [2.05, 4.69) is 21.2 Å². The van der Waals surface area contributed by atoms with Crippen molar-refractivity contribution in [2.75, 3.05) is 13.1 Å². The van der Waals surface area contributed by atoms with E-state index in [1.807, 2.05) is 0 Å². The van der Waals surface area contributed by atoms with E-state index in [4.69, 9.17) is 5.11 Å². The highest BCUT2D eigenvalue weighted by Gasteiger charge is 2.27. The Bertz CT molecular complexity index is 524. The molecule has 0 aromatic heterocycles. The van der Waals surface area contributed by atoms with Gasteiger partial charge in [-0.15, -0.1) is 0 Å². The van der Waals surface area contributed by atoms with Crippen molar-refractivity contribution >= 4 is 27.9 Å². The minimum absolute atomic E-state index is 0.0445. The van der Waals surface area contributed by atoms with Gasteiger partial charge in [0.25, 0.3) is 5.91 Å². The van der Waals surface area contributed by atoms with E-state index in [1.165, 1.54) is 17.0 Å². The predicted octanol–water partition coefficient (Wildman–Crippen LogP) is 2.07. The molecule has 1 fully saturated rings. The lowest BCUT2D eigenvalue weighted by Crippen LogP contribution is -2.38. The number of nitrogens with one attached hydrogen (secondary N) is 1. The van der Waals surface area contributed by atoms with E-state index in [0.29, 0.717) is 17.4 Å². The molecule has 2 amide bonds. The third-order valence-electron chi connectivity index (χ3n) is 2.97. The van der Waals surface area contributed by atoms with Gasteiger partial charge < -0.3 is 15.3 Å². The summed E-state index contributed by atoms with van der Waals surface area (Å²) >= 11 is 3.11. The van der Waals surface area contributed by atoms with Crippen LogP contribution < -0.4 is 5.32 Å². The molecule has 0 spiro atoms. The highest BCUT2D eigenvalue weighted by atomic mass is 79.9. The van der Waals surface area contributed by atoms with Crippen LogP contribution in [0.1, 0.15) is 16.8 Å². The van der Waals surface area contributed by atoms with Crippen LogP contribution in [0.5, 0.6) is 0 Å². The average Bonchev–Trinajstić information content (AvgIpc) is 2.77. The van der Waals surface area contributed by atoms with E-state index < -0.39 is 17.8 Å². The minimum atomic E-state index is -1.01. The fourth-order valence-corrected chi connectivity index (χ4v) is 2.32. The minimum Gasteiger partial charge on any atom is -0.465 e. The molecule has 7 heteroatoms. The maximum absolute atomic E-state index is 13.6. The molecule has 5 nitrogen and oxygen atoms in total. The Morgan fingerprint density at radius 2 is 2.21 bits per heavy atom. The smallest absolute Gasteiger partial charge is 0.407 e. The standard InChI is InChI=1S/C12H12BrFN2O3/c13-7-1-2-9(10(14)5-7)11(17)15-8-3-4-16(6-8)12(18)19/h1-2,5,8H,3-4,6H2,(H,15,17)(H,18,19)/t8-/m1/s1. The molecule has 0 unspecified atom stereocenters. The molecule has 1 atom stereocenters. The summed E-state index contributed by atoms with van der Waals surface area (Å²) in [6, 6.07) is 3.91. The molecule has 1 heterocycles. The third-order valence-corrected chi connectivity index (χ3v) is 3.46. The summed E-state index contributed by atoms with van der Waals surface area (Å²) in [6.07, 6.45) is -0.470. The molecule has 2 N–H and O–H groups in total. The van der Waals surface area contributed by atoms with E-state index >= 15 is 0 Å². The molecule has 0 radical (unpaired) electrons. The summed E-state index contributed by atoms with van der Waals surface area (Å²) in [5.74, 6) is -1.14. The maximum atomic E-state index is 13.6. The number of hydrogen-bond acceptors (Lipinski definition) is 2. The number of carboxylic acid groups (broad SMARTS) is 1. The van der Waals surface area contributed by atoms with Crippen LogP contribution in [0.2, 0.25) is 0 Å². The molecule has 1 aliphatic heterocycles. The number of hydrogen-bond donors (Lipinski definition) is 2. The van der Waals surface area contributed by atoms with Crippen molar-refractivity contribution in [3.63, 3.8) is 0 Å². The summed E-state index contributed by atoms with van der Waals surface area (Å²) in [6.45, 7) is 0.613. The number of likely N-dealkylation sites (tertiary alicyclic amines) is 1. The number of carbonyl (C=O) groups excluding carboxylic acids is 1. The Hall–Kier alpha value is -1.63. The van der Waals surface area contributed by atoms with Gasteiger partial charge in [-0.3, -0.25) is 4.79 Å². The van der Waals surface area contributed by atoms with Gasteiger partial charge in [0.1, 0.15) is 5.82 Å². The molecular formula is C12H12BrFN2O3. The van der Waals surface area contributed by atoms with Crippen LogP contribution in [0.15, 0.2) is 22.7 Å². The SMILES string of the molecule is O=C(N[C@@H]1CCN(C(=O)O)C1)c1ccc(Br)cc1F. The maximum Gasteiger partial charge on any atom is 0.407 e.